The van der Waals surface area contributed by atoms with Crippen LogP contribution >= 0.6 is 0 Å². The van der Waals surface area contributed by atoms with Gasteiger partial charge in [-0.25, -0.2) is 4.98 Å². The Hall–Kier alpha value is -2.37. The average Bonchev–Trinajstić information content (AvgIpc) is 3.19. The maximum Gasteiger partial charge on any atom is 0.229 e. The van der Waals surface area contributed by atoms with E-state index in [0.717, 1.165) is 23.6 Å². The Kier molecular flexibility index (Phi) is 4.90. The van der Waals surface area contributed by atoms with Crippen LogP contribution in [0.5, 0.6) is 0 Å². The van der Waals surface area contributed by atoms with Gasteiger partial charge in [-0.3, -0.25) is 4.90 Å². The predicted octanol–water partition coefficient (Wildman–Crippen LogP) is 3.24. The van der Waals surface area contributed by atoms with E-state index in [-0.39, 0.29) is 6.61 Å². The molecule has 0 saturated carbocycles. The van der Waals surface area contributed by atoms with Crippen LogP contribution in [0.15, 0.2) is 57.8 Å². The molecule has 5 nitrogen and oxygen atoms in total. The molecule has 0 bridgehead atoms. The van der Waals surface area contributed by atoms with Crippen molar-refractivity contribution in [3.63, 3.8) is 0 Å². The Morgan fingerprint density at radius 2 is 1.96 bits per heavy atom. The largest absolute Gasteiger partial charge is 0.472 e. The van der Waals surface area contributed by atoms with Crippen molar-refractivity contribution < 1.29 is 13.9 Å². The van der Waals surface area contributed by atoms with E-state index in [1.165, 1.54) is 5.56 Å². The Labute approximate surface area is 135 Å². The third-order valence-electron chi connectivity index (χ3n) is 3.70. The van der Waals surface area contributed by atoms with Gasteiger partial charge >= 0.3 is 0 Å². The number of furan rings is 1. The van der Waals surface area contributed by atoms with Crippen LogP contribution in [-0.2, 0) is 13.1 Å². The molecule has 120 valence electrons. The molecule has 23 heavy (non-hydrogen) atoms. The van der Waals surface area contributed by atoms with E-state index < -0.39 is 0 Å². The van der Waals surface area contributed by atoms with Crippen LogP contribution in [0.3, 0.4) is 0 Å². The highest BCUT2D eigenvalue weighted by Crippen LogP contribution is 2.23. The van der Waals surface area contributed by atoms with Gasteiger partial charge in [0.05, 0.1) is 24.1 Å². The second kappa shape index (κ2) is 7.26. The molecule has 0 aliphatic rings. The molecule has 0 amide bonds. The van der Waals surface area contributed by atoms with Crippen LogP contribution in [0.4, 0.5) is 0 Å². The SMILES string of the molecule is Cc1oc(-c2ccoc2)nc1CN(CCO)Cc1ccccc1. The van der Waals surface area contributed by atoms with Gasteiger partial charge in [0.25, 0.3) is 0 Å². The van der Waals surface area contributed by atoms with Crippen LogP contribution in [0.2, 0.25) is 0 Å². The van der Waals surface area contributed by atoms with E-state index in [1.807, 2.05) is 31.2 Å². The summed E-state index contributed by atoms with van der Waals surface area (Å²) in [5.41, 5.74) is 2.92. The highest BCUT2D eigenvalue weighted by Gasteiger charge is 2.15. The first-order valence-electron chi connectivity index (χ1n) is 7.62. The van der Waals surface area contributed by atoms with Gasteiger partial charge in [-0.2, -0.15) is 0 Å². The normalized spacial score (nSPS) is 11.3. The molecule has 0 aliphatic carbocycles. The molecule has 1 aromatic carbocycles. The Balaban J connectivity index is 1.75. The molecule has 0 aliphatic heterocycles. The van der Waals surface area contributed by atoms with Crippen molar-refractivity contribution in [2.24, 2.45) is 0 Å². The number of aryl methyl sites for hydroxylation is 1. The number of rotatable bonds is 7. The Morgan fingerprint density at radius 1 is 1.13 bits per heavy atom. The standard InChI is InChI=1S/C18H20N2O3/c1-14-17(19-18(23-14)16-7-10-22-13-16)12-20(8-9-21)11-15-5-3-2-4-6-15/h2-7,10,13,21H,8-9,11-12H2,1H3. The molecular formula is C18H20N2O3. The maximum absolute atomic E-state index is 9.32. The van der Waals surface area contributed by atoms with Gasteiger partial charge in [0.2, 0.25) is 5.89 Å². The summed E-state index contributed by atoms with van der Waals surface area (Å²) in [6, 6.07) is 12.0. The van der Waals surface area contributed by atoms with Crippen LogP contribution in [-0.4, -0.2) is 28.1 Å². The second-order valence-electron chi connectivity index (χ2n) is 5.45. The summed E-state index contributed by atoms with van der Waals surface area (Å²) in [5, 5.41) is 9.32. The van der Waals surface area contributed by atoms with E-state index >= 15 is 0 Å². The quantitative estimate of drug-likeness (QED) is 0.725. The zero-order chi connectivity index (χ0) is 16.1. The van der Waals surface area contributed by atoms with Crippen molar-refractivity contribution in [1.29, 1.82) is 0 Å². The smallest absolute Gasteiger partial charge is 0.229 e. The van der Waals surface area contributed by atoms with Gasteiger partial charge in [-0.15, -0.1) is 0 Å². The van der Waals surface area contributed by atoms with Crippen LogP contribution in [0.25, 0.3) is 11.5 Å². The van der Waals surface area contributed by atoms with Crippen molar-refractivity contribution in [2.45, 2.75) is 20.0 Å². The number of hydrogen-bond donors (Lipinski definition) is 1. The number of hydrogen-bond acceptors (Lipinski definition) is 5. The lowest BCUT2D eigenvalue weighted by Crippen LogP contribution is -2.26. The lowest BCUT2D eigenvalue weighted by molar-refractivity contribution is 0.182. The highest BCUT2D eigenvalue weighted by molar-refractivity contribution is 5.51. The van der Waals surface area contributed by atoms with Crippen molar-refractivity contribution in [1.82, 2.24) is 9.88 Å². The number of benzene rings is 1. The zero-order valence-corrected chi connectivity index (χ0v) is 13.1. The number of nitrogens with zero attached hydrogens (tertiary/aromatic N) is 2. The summed E-state index contributed by atoms with van der Waals surface area (Å²) in [5.74, 6) is 1.35. The summed E-state index contributed by atoms with van der Waals surface area (Å²) in [7, 11) is 0. The zero-order valence-electron chi connectivity index (χ0n) is 13.1. The van der Waals surface area contributed by atoms with E-state index in [2.05, 4.69) is 22.0 Å². The number of aliphatic hydroxyl groups excluding tert-OH is 1. The second-order valence-corrected chi connectivity index (χ2v) is 5.45. The first kappa shape index (κ1) is 15.5. The lowest BCUT2D eigenvalue weighted by Gasteiger charge is -2.20. The van der Waals surface area contributed by atoms with Gasteiger partial charge in [0.15, 0.2) is 0 Å². The first-order valence-corrected chi connectivity index (χ1v) is 7.62. The molecule has 2 heterocycles. The Bertz CT molecular complexity index is 720. The van der Waals surface area contributed by atoms with Gasteiger partial charge in [-0.05, 0) is 18.6 Å². The molecule has 5 heteroatoms. The van der Waals surface area contributed by atoms with Crippen molar-refractivity contribution >= 4 is 0 Å². The number of aromatic nitrogens is 1. The lowest BCUT2D eigenvalue weighted by atomic mass is 10.2. The average molecular weight is 312 g/mol. The molecule has 0 unspecified atom stereocenters. The predicted molar refractivity (Wildman–Crippen MR) is 86.6 cm³/mol. The van der Waals surface area contributed by atoms with Crippen LogP contribution in [0, 0.1) is 6.92 Å². The first-order chi connectivity index (χ1) is 11.3. The summed E-state index contributed by atoms with van der Waals surface area (Å²) in [6.45, 7) is 3.99. The fourth-order valence-electron chi connectivity index (χ4n) is 2.49. The maximum atomic E-state index is 9.32. The molecule has 1 N–H and O–H groups in total. The van der Waals surface area contributed by atoms with E-state index in [1.54, 1.807) is 12.5 Å². The topological polar surface area (TPSA) is 62.6 Å². The number of oxazole rings is 1. The van der Waals surface area contributed by atoms with Crippen molar-refractivity contribution in [2.75, 3.05) is 13.2 Å². The molecule has 3 rings (SSSR count). The van der Waals surface area contributed by atoms with E-state index in [4.69, 9.17) is 8.83 Å². The summed E-state index contributed by atoms with van der Waals surface area (Å²) >= 11 is 0. The molecule has 2 aromatic heterocycles. The van der Waals surface area contributed by atoms with Crippen molar-refractivity contribution in [3.05, 3.63) is 65.9 Å². The monoisotopic (exact) mass is 312 g/mol. The van der Waals surface area contributed by atoms with Gasteiger partial charge < -0.3 is 13.9 Å². The third kappa shape index (κ3) is 3.88. The van der Waals surface area contributed by atoms with Crippen LogP contribution < -0.4 is 0 Å². The third-order valence-corrected chi connectivity index (χ3v) is 3.70. The summed E-state index contributed by atoms with van der Waals surface area (Å²) < 4.78 is 10.8. The molecule has 0 radical (unpaired) electrons. The summed E-state index contributed by atoms with van der Waals surface area (Å²) in [4.78, 5) is 6.72. The fourth-order valence-corrected chi connectivity index (χ4v) is 2.49. The van der Waals surface area contributed by atoms with Gasteiger partial charge in [0.1, 0.15) is 12.0 Å². The highest BCUT2D eigenvalue weighted by atomic mass is 16.4. The van der Waals surface area contributed by atoms with Crippen molar-refractivity contribution in [3.8, 4) is 11.5 Å². The van der Waals surface area contributed by atoms with E-state index in [9.17, 15) is 5.11 Å². The molecular weight excluding hydrogens is 292 g/mol. The molecule has 0 atom stereocenters. The number of aliphatic hydroxyl groups is 1. The van der Waals surface area contributed by atoms with Crippen LogP contribution in [0.1, 0.15) is 17.0 Å². The molecule has 0 saturated heterocycles. The Morgan fingerprint density at radius 3 is 2.65 bits per heavy atom. The molecule has 0 fully saturated rings. The summed E-state index contributed by atoms with van der Waals surface area (Å²) in [6.07, 6.45) is 3.21. The molecule has 3 aromatic rings. The van der Waals surface area contributed by atoms with Gasteiger partial charge in [0, 0.05) is 19.6 Å². The van der Waals surface area contributed by atoms with E-state index in [0.29, 0.717) is 19.0 Å². The minimum absolute atomic E-state index is 0.109. The van der Waals surface area contributed by atoms with Gasteiger partial charge in [-0.1, -0.05) is 30.3 Å². The fraction of sp³-hybridized carbons (Fsp3) is 0.278. The molecule has 0 spiro atoms. The minimum atomic E-state index is 0.109. The minimum Gasteiger partial charge on any atom is -0.472 e.